The second-order valence-electron chi connectivity index (χ2n) is 5.84. The van der Waals surface area contributed by atoms with Gasteiger partial charge in [0.15, 0.2) is 11.5 Å². The van der Waals surface area contributed by atoms with E-state index in [0.717, 1.165) is 22.6 Å². The number of hydrogen-bond acceptors (Lipinski definition) is 4. The molecule has 1 N–H and O–H groups in total. The second kappa shape index (κ2) is 6.16. The molecule has 0 saturated carbocycles. The van der Waals surface area contributed by atoms with Gasteiger partial charge in [0, 0.05) is 16.8 Å². The van der Waals surface area contributed by atoms with E-state index in [2.05, 4.69) is 10.5 Å². The van der Waals surface area contributed by atoms with Crippen LogP contribution < -0.4 is 5.43 Å². The van der Waals surface area contributed by atoms with Crippen LogP contribution in [0.25, 0.3) is 0 Å². The van der Waals surface area contributed by atoms with Crippen LogP contribution in [0.2, 0.25) is 0 Å². The summed E-state index contributed by atoms with van der Waals surface area (Å²) >= 11 is 0. The van der Waals surface area contributed by atoms with Crippen molar-refractivity contribution in [3.05, 3.63) is 71.8 Å². The lowest BCUT2D eigenvalue weighted by Crippen LogP contribution is -2.26. The van der Waals surface area contributed by atoms with Gasteiger partial charge in [0.05, 0.1) is 0 Å². The number of benzene rings is 2. The third-order valence-corrected chi connectivity index (χ3v) is 3.64. The first-order valence-electron chi connectivity index (χ1n) is 7.66. The van der Waals surface area contributed by atoms with Crippen LogP contribution in [0.1, 0.15) is 31.9 Å². The largest absolute Gasteiger partial charge is 0.260 e. The predicted molar refractivity (Wildman–Crippen MR) is 96.1 cm³/mol. The monoisotopic (exact) mass is 304 g/mol. The summed E-state index contributed by atoms with van der Waals surface area (Å²) in [5.41, 5.74) is 6.29. The number of nitrogens with one attached hydrogen (secondary N) is 1. The first-order valence-corrected chi connectivity index (χ1v) is 7.66. The zero-order valence-electron chi connectivity index (χ0n) is 13.6. The van der Waals surface area contributed by atoms with E-state index in [4.69, 9.17) is 9.98 Å². The molecule has 0 fully saturated rings. The molecule has 0 aromatic heterocycles. The molecule has 3 rings (SSSR count). The lowest BCUT2D eigenvalue weighted by Gasteiger charge is -2.17. The maximum absolute atomic E-state index is 4.90. The van der Waals surface area contributed by atoms with Crippen LogP contribution in [0.5, 0.6) is 0 Å². The van der Waals surface area contributed by atoms with Gasteiger partial charge in [0.2, 0.25) is 0 Å². The standard InChI is InChI=1S/C19H20N4/c1-14(2)22-23-18-17(15-10-6-4-7-11-15)20-19(3,21-18)16-12-8-5-9-13-16/h4-13H,1-3H3,(H,21,23). The molecular formula is C19H20N4. The highest BCUT2D eigenvalue weighted by Gasteiger charge is 2.33. The van der Waals surface area contributed by atoms with Crippen molar-refractivity contribution in [1.29, 1.82) is 0 Å². The van der Waals surface area contributed by atoms with Crippen LogP contribution in [-0.2, 0) is 5.66 Å². The van der Waals surface area contributed by atoms with E-state index in [1.165, 1.54) is 0 Å². The molecule has 1 aliphatic rings. The first-order chi connectivity index (χ1) is 11.1. The normalized spacial score (nSPS) is 19.8. The molecule has 1 unspecified atom stereocenters. The molecule has 0 bridgehead atoms. The highest BCUT2D eigenvalue weighted by atomic mass is 15.4. The SMILES string of the molecule is CC(C)=NNC1=NC(C)(c2ccccc2)N=C1c1ccccc1. The average molecular weight is 304 g/mol. The predicted octanol–water partition coefficient (Wildman–Crippen LogP) is 3.75. The summed E-state index contributed by atoms with van der Waals surface area (Å²) in [6.45, 7) is 5.90. The quantitative estimate of drug-likeness (QED) is 0.681. The summed E-state index contributed by atoms with van der Waals surface area (Å²) in [5, 5.41) is 4.30. The summed E-state index contributed by atoms with van der Waals surface area (Å²) in [6.07, 6.45) is 0. The molecule has 1 aliphatic heterocycles. The van der Waals surface area contributed by atoms with Crippen molar-refractivity contribution in [2.45, 2.75) is 26.4 Å². The second-order valence-corrected chi connectivity index (χ2v) is 5.84. The van der Waals surface area contributed by atoms with E-state index in [0.29, 0.717) is 5.84 Å². The minimum absolute atomic E-state index is 0.633. The summed E-state index contributed by atoms with van der Waals surface area (Å²) in [7, 11) is 0. The van der Waals surface area contributed by atoms with Crippen molar-refractivity contribution in [1.82, 2.24) is 5.43 Å². The van der Waals surface area contributed by atoms with Crippen molar-refractivity contribution in [2.75, 3.05) is 0 Å². The Morgan fingerprint density at radius 1 is 0.913 bits per heavy atom. The van der Waals surface area contributed by atoms with Gasteiger partial charge in [0.25, 0.3) is 0 Å². The van der Waals surface area contributed by atoms with E-state index >= 15 is 0 Å². The van der Waals surface area contributed by atoms with Gasteiger partial charge in [-0.1, -0.05) is 60.7 Å². The van der Waals surface area contributed by atoms with Crippen molar-refractivity contribution >= 4 is 17.3 Å². The number of hydrazone groups is 1. The third-order valence-electron chi connectivity index (χ3n) is 3.64. The highest BCUT2D eigenvalue weighted by molar-refractivity contribution is 6.48. The molecule has 23 heavy (non-hydrogen) atoms. The van der Waals surface area contributed by atoms with Gasteiger partial charge < -0.3 is 0 Å². The molecule has 4 heteroatoms. The number of hydrogen-bond donors (Lipinski definition) is 1. The van der Waals surface area contributed by atoms with Crippen molar-refractivity contribution < 1.29 is 0 Å². The molecule has 2 aromatic carbocycles. The number of amidine groups is 1. The minimum atomic E-state index is -0.633. The van der Waals surface area contributed by atoms with E-state index in [1.807, 2.05) is 81.4 Å². The Labute approximate surface area is 136 Å². The fraction of sp³-hybridized carbons (Fsp3) is 0.211. The fourth-order valence-corrected chi connectivity index (χ4v) is 2.49. The van der Waals surface area contributed by atoms with Crippen LogP contribution >= 0.6 is 0 Å². The summed E-state index contributed by atoms with van der Waals surface area (Å²) < 4.78 is 0. The minimum Gasteiger partial charge on any atom is -0.260 e. The van der Waals surface area contributed by atoms with Crippen LogP contribution in [-0.4, -0.2) is 17.3 Å². The molecule has 0 amide bonds. The molecule has 2 aromatic rings. The first kappa shape index (κ1) is 15.2. The maximum Gasteiger partial charge on any atom is 0.176 e. The molecule has 0 saturated heterocycles. The van der Waals surface area contributed by atoms with Crippen molar-refractivity contribution in [3.63, 3.8) is 0 Å². The summed E-state index contributed by atoms with van der Waals surface area (Å²) in [6, 6.07) is 20.2. The smallest absolute Gasteiger partial charge is 0.176 e. The van der Waals surface area contributed by atoms with Gasteiger partial charge in [0.1, 0.15) is 5.71 Å². The zero-order chi connectivity index (χ0) is 16.3. The number of nitrogens with zero attached hydrogens (tertiary/aromatic N) is 3. The van der Waals surface area contributed by atoms with E-state index in [9.17, 15) is 0 Å². The number of rotatable bonds is 3. The summed E-state index contributed by atoms with van der Waals surface area (Å²) in [5.74, 6) is 0.698. The Kier molecular flexibility index (Phi) is 4.06. The third kappa shape index (κ3) is 3.21. The molecule has 1 atom stereocenters. The Bertz CT molecular complexity index is 772. The zero-order valence-corrected chi connectivity index (χ0v) is 13.6. The van der Waals surface area contributed by atoms with Gasteiger partial charge >= 0.3 is 0 Å². The van der Waals surface area contributed by atoms with Crippen LogP contribution in [0.4, 0.5) is 0 Å². The van der Waals surface area contributed by atoms with Crippen molar-refractivity contribution in [2.24, 2.45) is 15.1 Å². The van der Waals surface area contributed by atoms with Crippen molar-refractivity contribution in [3.8, 4) is 0 Å². The molecule has 0 spiro atoms. The molecule has 1 heterocycles. The molecule has 4 nitrogen and oxygen atoms in total. The van der Waals surface area contributed by atoms with Gasteiger partial charge in [-0.3, -0.25) is 5.43 Å². The van der Waals surface area contributed by atoms with E-state index < -0.39 is 5.66 Å². The van der Waals surface area contributed by atoms with Gasteiger partial charge in [-0.15, -0.1) is 0 Å². The Hall–Kier alpha value is -2.75. The fourth-order valence-electron chi connectivity index (χ4n) is 2.49. The summed E-state index contributed by atoms with van der Waals surface area (Å²) in [4.78, 5) is 9.72. The molecule has 116 valence electrons. The van der Waals surface area contributed by atoms with E-state index in [-0.39, 0.29) is 0 Å². The highest BCUT2D eigenvalue weighted by Crippen LogP contribution is 2.32. The lowest BCUT2D eigenvalue weighted by atomic mass is 10.0. The van der Waals surface area contributed by atoms with Crippen LogP contribution in [0, 0.1) is 0 Å². The average Bonchev–Trinajstić information content (AvgIpc) is 2.93. The topological polar surface area (TPSA) is 49.1 Å². The van der Waals surface area contributed by atoms with E-state index in [1.54, 1.807) is 0 Å². The molecular weight excluding hydrogens is 284 g/mol. The Morgan fingerprint density at radius 3 is 2.13 bits per heavy atom. The Morgan fingerprint density at radius 2 is 1.52 bits per heavy atom. The van der Waals surface area contributed by atoms with Gasteiger partial charge in [-0.25, -0.2) is 9.98 Å². The van der Waals surface area contributed by atoms with Crippen LogP contribution in [0.15, 0.2) is 75.7 Å². The maximum atomic E-state index is 4.90. The van der Waals surface area contributed by atoms with Gasteiger partial charge in [-0.2, -0.15) is 5.10 Å². The molecule has 0 radical (unpaired) electrons. The van der Waals surface area contributed by atoms with Crippen LogP contribution in [0.3, 0.4) is 0 Å². The molecule has 0 aliphatic carbocycles. The Balaban J connectivity index is 2.06. The lowest BCUT2D eigenvalue weighted by molar-refractivity contribution is 0.539. The van der Waals surface area contributed by atoms with Gasteiger partial charge in [-0.05, 0) is 20.8 Å². The number of aliphatic imine (C=N–C) groups is 2.